The predicted octanol–water partition coefficient (Wildman–Crippen LogP) is 1.54. The Labute approximate surface area is 90.0 Å². The van der Waals surface area contributed by atoms with Crippen molar-refractivity contribution >= 4 is 15.2 Å². The minimum atomic E-state index is -3.71. The van der Waals surface area contributed by atoms with Gasteiger partial charge in [0.05, 0.1) is 0 Å². The minimum absolute atomic E-state index is 0.0486. The average Bonchev–Trinajstić information content (AvgIpc) is 1.93. The Morgan fingerprint density at radius 3 is 1.60 bits per heavy atom. The lowest BCUT2D eigenvalue weighted by Crippen LogP contribution is -1.87. The van der Waals surface area contributed by atoms with E-state index in [2.05, 4.69) is 6.92 Å². The van der Waals surface area contributed by atoms with Crippen molar-refractivity contribution in [2.24, 2.45) is 0 Å². The van der Waals surface area contributed by atoms with Gasteiger partial charge in [-0.3, -0.25) is 9.13 Å². The average molecular weight is 262 g/mol. The van der Waals surface area contributed by atoms with Crippen LogP contribution in [0.1, 0.15) is 32.6 Å². The highest BCUT2D eigenvalue weighted by Crippen LogP contribution is 2.35. The lowest BCUT2D eigenvalue weighted by atomic mass is 10.2. The van der Waals surface area contributed by atoms with Crippen LogP contribution in [0, 0.1) is 0 Å². The molecular formula is C7H20O6P2. The number of hydrogen-bond acceptors (Lipinski definition) is 2. The lowest BCUT2D eigenvalue weighted by Gasteiger charge is -2.01. The van der Waals surface area contributed by atoms with Gasteiger partial charge in [-0.15, -0.1) is 0 Å². The molecule has 0 unspecified atom stereocenters. The summed E-state index contributed by atoms with van der Waals surface area (Å²) in [6.07, 6.45) is 3.80. The zero-order chi connectivity index (χ0) is 12.5. The highest BCUT2D eigenvalue weighted by atomic mass is 31.2. The Balaban J connectivity index is 0. The van der Waals surface area contributed by atoms with Gasteiger partial charge in [0.2, 0.25) is 0 Å². The topological polar surface area (TPSA) is 115 Å². The van der Waals surface area contributed by atoms with E-state index in [-0.39, 0.29) is 6.16 Å². The number of hydrogen-bond donors (Lipinski definition) is 4. The molecule has 0 aliphatic carbocycles. The van der Waals surface area contributed by atoms with Crippen LogP contribution < -0.4 is 0 Å². The third kappa shape index (κ3) is 40.6. The second kappa shape index (κ2) is 8.45. The fraction of sp³-hybridized carbons (Fsp3) is 1.00. The van der Waals surface area contributed by atoms with Gasteiger partial charge in [0, 0.05) is 12.8 Å². The summed E-state index contributed by atoms with van der Waals surface area (Å²) in [5.41, 5.74) is 0. The van der Waals surface area contributed by atoms with Gasteiger partial charge in [0.25, 0.3) is 0 Å². The standard InChI is InChI=1S/C6H15O3P.CH5O3P/c1-2-3-4-5-6-10(7,8)9;1-5(2,3)4/h2-6H2,1H3,(H2,7,8,9);1H3,(H2,2,3,4). The second-order valence-corrected chi connectivity index (χ2v) is 6.73. The van der Waals surface area contributed by atoms with Gasteiger partial charge in [-0.1, -0.05) is 26.2 Å². The van der Waals surface area contributed by atoms with E-state index in [0.717, 1.165) is 25.9 Å². The third-order valence-electron chi connectivity index (χ3n) is 1.30. The van der Waals surface area contributed by atoms with E-state index in [9.17, 15) is 9.13 Å². The van der Waals surface area contributed by atoms with Crippen molar-refractivity contribution < 1.29 is 28.7 Å². The number of unbranched alkanes of at least 4 members (excludes halogenated alkanes) is 3. The summed E-state index contributed by atoms with van der Waals surface area (Å²) in [6, 6.07) is 0. The summed E-state index contributed by atoms with van der Waals surface area (Å²) in [5.74, 6) is 0. The molecule has 0 bridgehead atoms. The molecule has 94 valence electrons. The molecule has 0 saturated heterocycles. The molecule has 0 aliphatic heterocycles. The van der Waals surface area contributed by atoms with Crippen LogP contribution in [-0.2, 0) is 9.13 Å². The fourth-order valence-corrected chi connectivity index (χ4v) is 1.38. The van der Waals surface area contributed by atoms with Gasteiger partial charge < -0.3 is 19.6 Å². The van der Waals surface area contributed by atoms with Crippen molar-refractivity contribution in [3.8, 4) is 0 Å². The van der Waals surface area contributed by atoms with Crippen LogP contribution in [0.4, 0.5) is 0 Å². The summed E-state index contributed by atoms with van der Waals surface area (Å²) >= 11 is 0. The van der Waals surface area contributed by atoms with Gasteiger partial charge in [-0.25, -0.2) is 0 Å². The zero-order valence-corrected chi connectivity index (χ0v) is 10.8. The van der Waals surface area contributed by atoms with Gasteiger partial charge in [0.15, 0.2) is 0 Å². The molecule has 0 aromatic heterocycles. The Morgan fingerprint density at radius 1 is 0.933 bits per heavy atom. The Kier molecular flexibility index (Phi) is 9.97. The maximum atomic E-state index is 10.3. The highest BCUT2D eigenvalue weighted by Gasteiger charge is 2.10. The molecule has 0 spiro atoms. The molecule has 0 amide bonds. The first-order valence-corrected chi connectivity index (χ1v) is 8.49. The summed E-state index contributed by atoms with van der Waals surface area (Å²) in [7, 11) is -7.34. The van der Waals surface area contributed by atoms with Gasteiger partial charge in [0.1, 0.15) is 0 Å². The first kappa shape index (κ1) is 17.7. The minimum Gasteiger partial charge on any atom is -0.325 e. The van der Waals surface area contributed by atoms with Gasteiger partial charge in [-0.2, -0.15) is 0 Å². The van der Waals surface area contributed by atoms with Crippen molar-refractivity contribution in [3.63, 3.8) is 0 Å². The molecule has 0 radical (unpaired) electrons. The molecule has 0 saturated carbocycles. The normalized spacial score (nSPS) is 11.9. The first-order chi connectivity index (χ1) is 6.56. The van der Waals surface area contributed by atoms with E-state index in [4.69, 9.17) is 19.6 Å². The summed E-state index contributed by atoms with van der Waals surface area (Å²) in [6.45, 7) is 2.92. The van der Waals surface area contributed by atoms with Crippen molar-refractivity contribution in [1.29, 1.82) is 0 Å². The van der Waals surface area contributed by atoms with E-state index in [0.29, 0.717) is 6.42 Å². The van der Waals surface area contributed by atoms with Crippen molar-refractivity contribution in [3.05, 3.63) is 0 Å². The highest BCUT2D eigenvalue weighted by molar-refractivity contribution is 7.51. The Morgan fingerprint density at radius 2 is 1.33 bits per heavy atom. The van der Waals surface area contributed by atoms with Gasteiger partial charge >= 0.3 is 15.2 Å². The molecule has 0 heterocycles. The van der Waals surface area contributed by atoms with Crippen molar-refractivity contribution in [1.82, 2.24) is 0 Å². The molecule has 0 aromatic rings. The van der Waals surface area contributed by atoms with E-state index in [1.165, 1.54) is 0 Å². The largest absolute Gasteiger partial charge is 0.325 e. The zero-order valence-electron chi connectivity index (χ0n) is 9.04. The molecule has 0 fully saturated rings. The second-order valence-electron chi connectivity index (χ2n) is 3.28. The maximum absolute atomic E-state index is 10.3. The van der Waals surface area contributed by atoms with E-state index in [1.807, 2.05) is 0 Å². The molecule has 0 rings (SSSR count). The quantitative estimate of drug-likeness (QED) is 0.441. The Hall–Kier alpha value is 0.300. The van der Waals surface area contributed by atoms with E-state index < -0.39 is 15.2 Å². The third-order valence-corrected chi connectivity index (χ3v) is 2.20. The molecule has 0 aromatic carbocycles. The molecule has 0 atom stereocenters. The van der Waals surface area contributed by atoms with E-state index >= 15 is 0 Å². The lowest BCUT2D eigenvalue weighted by molar-refractivity contribution is 0.370. The van der Waals surface area contributed by atoms with Crippen LogP contribution >= 0.6 is 15.2 Å². The summed E-state index contributed by atoms with van der Waals surface area (Å²) in [4.78, 5) is 32.1. The van der Waals surface area contributed by atoms with Crippen molar-refractivity contribution in [2.45, 2.75) is 32.6 Å². The van der Waals surface area contributed by atoms with Crippen LogP contribution in [0.25, 0.3) is 0 Å². The van der Waals surface area contributed by atoms with Crippen LogP contribution in [0.2, 0.25) is 0 Å². The van der Waals surface area contributed by atoms with Gasteiger partial charge in [-0.05, 0) is 6.42 Å². The van der Waals surface area contributed by atoms with Crippen LogP contribution in [0.3, 0.4) is 0 Å². The summed E-state index contributed by atoms with van der Waals surface area (Å²) in [5, 5.41) is 0. The predicted molar refractivity (Wildman–Crippen MR) is 59.0 cm³/mol. The van der Waals surface area contributed by atoms with Crippen LogP contribution in [0.5, 0.6) is 0 Å². The fourth-order valence-electron chi connectivity index (χ4n) is 0.745. The smallest absolute Gasteiger partial charge is 0.325 e. The van der Waals surface area contributed by atoms with Crippen molar-refractivity contribution in [2.75, 3.05) is 12.8 Å². The van der Waals surface area contributed by atoms with Crippen LogP contribution in [-0.4, -0.2) is 32.4 Å². The summed E-state index contributed by atoms with van der Waals surface area (Å²) < 4.78 is 19.6. The molecule has 0 aliphatic rings. The van der Waals surface area contributed by atoms with E-state index in [1.54, 1.807) is 0 Å². The first-order valence-electron chi connectivity index (χ1n) is 4.64. The maximum Gasteiger partial charge on any atom is 0.325 e. The molecule has 15 heavy (non-hydrogen) atoms. The molecule has 4 N–H and O–H groups in total. The molecular weight excluding hydrogens is 242 g/mol. The number of rotatable bonds is 5. The molecule has 6 nitrogen and oxygen atoms in total. The molecule has 8 heteroatoms. The Bertz CT molecular complexity index is 221. The SMILES string of the molecule is CCCCCCP(=O)(O)O.CP(=O)(O)O. The monoisotopic (exact) mass is 262 g/mol. The van der Waals surface area contributed by atoms with Crippen LogP contribution in [0.15, 0.2) is 0 Å².